The maximum atomic E-state index is 12.5. The van der Waals surface area contributed by atoms with Gasteiger partial charge in [-0.1, -0.05) is 0 Å². The molecule has 39 heavy (non-hydrogen) atoms. The molecule has 14 heteroatoms. The number of nitrogens with two attached hydrogens (primary N) is 2. The first-order valence-electron chi connectivity index (χ1n) is 11.4. The Hall–Kier alpha value is -4.95. The predicted molar refractivity (Wildman–Crippen MR) is 142 cm³/mol. The van der Waals surface area contributed by atoms with Crippen LogP contribution in [0.1, 0.15) is 17.5 Å². The van der Waals surface area contributed by atoms with Crippen molar-refractivity contribution in [1.82, 2.24) is 15.3 Å². The van der Waals surface area contributed by atoms with E-state index in [9.17, 15) is 28.2 Å². The van der Waals surface area contributed by atoms with Gasteiger partial charge in [0.15, 0.2) is 0 Å². The van der Waals surface area contributed by atoms with Crippen molar-refractivity contribution in [1.29, 1.82) is 5.41 Å². The normalized spacial score (nSPS) is 11.4. The molecule has 0 saturated heterocycles. The fraction of sp³-hybridized carbons (Fsp3) is 0.120. The molecule has 202 valence electrons. The molecule has 1 aromatic heterocycles. The molecule has 4 rings (SSSR count). The van der Waals surface area contributed by atoms with Crippen molar-refractivity contribution in [3.05, 3.63) is 59.7 Å². The summed E-state index contributed by atoms with van der Waals surface area (Å²) in [7, 11) is -4.15. The Kier molecular flexibility index (Phi) is 7.25. The lowest BCUT2D eigenvalue weighted by atomic mass is 9.95. The van der Waals surface area contributed by atoms with Crippen molar-refractivity contribution in [2.24, 2.45) is 10.9 Å². The summed E-state index contributed by atoms with van der Waals surface area (Å²) in [5.41, 5.74) is 7.41. The number of nitrogen functional groups attached to an aromatic ring is 1. The second-order valence-corrected chi connectivity index (χ2v) is 10.2. The zero-order valence-corrected chi connectivity index (χ0v) is 21.0. The number of carbonyl (C=O) groups excluding carboxylic acids is 1. The molecule has 1 heterocycles. The van der Waals surface area contributed by atoms with E-state index in [2.05, 4.69) is 15.3 Å². The molecule has 13 nitrogen and oxygen atoms in total. The van der Waals surface area contributed by atoms with Gasteiger partial charge in [0, 0.05) is 23.2 Å². The van der Waals surface area contributed by atoms with Crippen LogP contribution in [0.3, 0.4) is 0 Å². The largest absolute Gasteiger partial charge is 0.507 e. The van der Waals surface area contributed by atoms with Gasteiger partial charge >= 0.3 is 5.97 Å². The molecular formula is C25H24N6O7S. The highest BCUT2D eigenvalue weighted by Gasteiger charge is 2.21. The lowest BCUT2D eigenvalue weighted by molar-refractivity contribution is -0.136. The van der Waals surface area contributed by atoms with Crippen LogP contribution in [0.5, 0.6) is 11.5 Å². The van der Waals surface area contributed by atoms with Crippen molar-refractivity contribution in [2.45, 2.75) is 17.7 Å². The van der Waals surface area contributed by atoms with Gasteiger partial charge in [0.25, 0.3) is 0 Å². The van der Waals surface area contributed by atoms with E-state index in [1.54, 1.807) is 18.2 Å². The Bertz CT molecular complexity index is 1750. The van der Waals surface area contributed by atoms with Gasteiger partial charge in [-0.3, -0.25) is 15.0 Å². The highest BCUT2D eigenvalue weighted by Crippen LogP contribution is 2.42. The van der Waals surface area contributed by atoms with Crippen LogP contribution >= 0.6 is 0 Å². The summed E-state index contributed by atoms with van der Waals surface area (Å²) in [6.45, 7) is -0.0921. The standard InChI is InChI=1S/C25H24N6O7S/c26-24(27)13-1-3-18-19(10-13)31-25(30-18)17-8-12(9-21(33)29-6-5-22(34)35)7-16(23(17)36)15-11-14(39(28,37)38)2-4-20(15)32/h1-4,7-8,10-11,32,36H,5-6,9H2,(H3,26,27)(H,29,33)(H,30,31)(H,34,35)(H2,28,37,38). The van der Waals surface area contributed by atoms with Crippen molar-refractivity contribution in [3.63, 3.8) is 0 Å². The van der Waals surface area contributed by atoms with Crippen LogP contribution in [-0.2, 0) is 26.0 Å². The Labute approximate surface area is 221 Å². The molecule has 0 atom stereocenters. The third-order valence-electron chi connectivity index (χ3n) is 5.83. The number of carboxylic acid groups (broad SMARTS) is 1. The lowest BCUT2D eigenvalue weighted by Crippen LogP contribution is -2.27. The van der Waals surface area contributed by atoms with Gasteiger partial charge in [0.1, 0.15) is 23.2 Å². The Balaban J connectivity index is 1.87. The number of fused-ring (bicyclic) bond motifs is 1. The van der Waals surface area contributed by atoms with Crippen molar-refractivity contribution >= 4 is 38.8 Å². The summed E-state index contributed by atoms with van der Waals surface area (Å²) >= 11 is 0. The number of phenols is 2. The fourth-order valence-electron chi connectivity index (χ4n) is 3.95. The van der Waals surface area contributed by atoms with Crippen molar-refractivity contribution < 1.29 is 33.3 Å². The summed E-state index contributed by atoms with van der Waals surface area (Å²) in [5, 5.41) is 46.0. The minimum absolute atomic E-state index is 0.00582. The number of hydrogen-bond donors (Lipinski definition) is 8. The van der Waals surface area contributed by atoms with Crippen LogP contribution in [0.15, 0.2) is 53.4 Å². The maximum Gasteiger partial charge on any atom is 0.305 e. The second-order valence-electron chi connectivity index (χ2n) is 8.66. The molecule has 0 radical (unpaired) electrons. The third kappa shape index (κ3) is 5.97. The molecule has 0 bridgehead atoms. The number of carbonyl (C=O) groups is 2. The highest BCUT2D eigenvalue weighted by atomic mass is 32.2. The first-order chi connectivity index (χ1) is 18.3. The number of aromatic amines is 1. The number of carboxylic acids is 1. The van der Waals surface area contributed by atoms with E-state index in [-0.39, 0.29) is 64.1 Å². The number of aromatic nitrogens is 2. The van der Waals surface area contributed by atoms with Crippen LogP contribution in [0.4, 0.5) is 0 Å². The number of nitrogens with zero attached hydrogens (tertiary/aromatic N) is 1. The van der Waals surface area contributed by atoms with Gasteiger partial charge in [-0.2, -0.15) is 0 Å². The maximum absolute atomic E-state index is 12.5. The Morgan fingerprint density at radius 2 is 1.74 bits per heavy atom. The van der Waals surface area contributed by atoms with E-state index in [1.165, 1.54) is 12.1 Å². The molecule has 0 unspecified atom stereocenters. The molecule has 0 spiro atoms. The summed E-state index contributed by atoms with van der Waals surface area (Å²) < 4.78 is 23.9. The number of nitrogens with one attached hydrogen (secondary N) is 3. The molecule has 3 aromatic carbocycles. The summed E-state index contributed by atoms with van der Waals surface area (Å²) in [5.74, 6) is -2.29. The summed E-state index contributed by atoms with van der Waals surface area (Å²) in [6, 6.07) is 11.0. The van der Waals surface area contributed by atoms with Crippen LogP contribution in [0.25, 0.3) is 33.5 Å². The average Bonchev–Trinajstić information content (AvgIpc) is 3.27. The van der Waals surface area contributed by atoms with Crippen molar-refractivity contribution in [3.8, 4) is 34.0 Å². The number of H-pyrrole nitrogens is 1. The van der Waals surface area contributed by atoms with Gasteiger partial charge < -0.3 is 31.4 Å². The molecule has 4 aromatic rings. The number of aliphatic carboxylic acids is 1. The van der Waals surface area contributed by atoms with E-state index in [1.807, 2.05) is 0 Å². The van der Waals surface area contributed by atoms with Gasteiger partial charge in [0.05, 0.1) is 34.3 Å². The number of amides is 1. The van der Waals surface area contributed by atoms with E-state index in [4.69, 9.17) is 21.4 Å². The lowest BCUT2D eigenvalue weighted by Gasteiger charge is -2.14. The number of phenolic OH excluding ortho intramolecular Hbond substituents is 2. The van der Waals surface area contributed by atoms with Crippen LogP contribution < -0.4 is 16.2 Å². The van der Waals surface area contributed by atoms with Gasteiger partial charge in [0.2, 0.25) is 15.9 Å². The molecular weight excluding hydrogens is 528 g/mol. The molecule has 0 aliphatic carbocycles. The zero-order chi connectivity index (χ0) is 28.5. The van der Waals surface area contributed by atoms with Crippen LogP contribution in [0.2, 0.25) is 0 Å². The quantitative estimate of drug-likeness (QED) is 0.110. The molecule has 1 amide bonds. The highest BCUT2D eigenvalue weighted by molar-refractivity contribution is 7.89. The van der Waals surface area contributed by atoms with Crippen LogP contribution in [0, 0.1) is 5.41 Å². The number of primary sulfonamides is 1. The number of amidine groups is 1. The number of aromatic hydroxyl groups is 2. The predicted octanol–water partition coefficient (Wildman–Crippen LogP) is 1.37. The number of imidazole rings is 1. The SMILES string of the molecule is N=C(N)c1ccc2nc(-c3cc(CC(=O)NCCC(=O)O)cc(-c4cc(S(N)(=O)=O)ccc4O)c3O)[nH]c2c1. The fourth-order valence-corrected chi connectivity index (χ4v) is 4.49. The first kappa shape index (κ1) is 27.1. The van der Waals surface area contributed by atoms with E-state index in [0.29, 0.717) is 22.2 Å². The number of rotatable bonds is 9. The number of hydrogen-bond acceptors (Lipinski definition) is 8. The van der Waals surface area contributed by atoms with E-state index < -0.39 is 21.9 Å². The molecule has 0 aliphatic rings. The average molecular weight is 553 g/mol. The minimum Gasteiger partial charge on any atom is -0.507 e. The second kappa shape index (κ2) is 10.4. The Morgan fingerprint density at radius 1 is 1.03 bits per heavy atom. The molecule has 10 N–H and O–H groups in total. The molecule has 0 saturated carbocycles. The zero-order valence-electron chi connectivity index (χ0n) is 20.2. The summed E-state index contributed by atoms with van der Waals surface area (Å²) in [6.07, 6.45) is -0.502. The smallest absolute Gasteiger partial charge is 0.305 e. The Morgan fingerprint density at radius 3 is 2.41 bits per heavy atom. The molecule has 0 fully saturated rings. The number of sulfonamides is 1. The summed E-state index contributed by atoms with van der Waals surface area (Å²) in [4.78, 5) is 30.5. The first-order valence-corrected chi connectivity index (χ1v) is 12.9. The minimum atomic E-state index is -4.15. The van der Waals surface area contributed by atoms with Gasteiger partial charge in [-0.05, 0) is 54.1 Å². The third-order valence-corrected chi connectivity index (χ3v) is 6.74. The van der Waals surface area contributed by atoms with E-state index >= 15 is 0 Å². The monoisotopic (exact) mass is 552 g/mol. The topological polar surface area (TPSA) is 246 Å². The van der Waals surface area contributed by atoms with Gasteiger partial charge in [-0.15, -0.1) is 0 Å². The molecule has 0 aliphatic heterocycles. The number of benzene rings is 3. The van der Waals surface area contributed by atoms with Crippen LogP contribution in [-0.4, -0.2) is 58.0 Å². The van der Waals surface area contributed by atoms with Crippen molar-refractivity contribution in [2.75, 3.05) is 6.54 Å². The van der Waals surface area contributed by atoms with E-state index in [0.717, 1.165) is 18.2 Å². The van der Waals surface area contributed by atoms with Gasteiger partial charge in [-0.25, -0.2) is 18.5 Å².